The molecule has 0 spiro atoms. The van der Waals surface area contributed by atoms with Crippen LogP contribution in [0, 0.1) is 0 Å². The van der Waals surface area contributed by atoms with E-state index in [1.165, 1.54) is 32.3 Å². The van der Waals surface area contributed by atoms with Crippen molar-refractivity contribution in [1.82, 2.24) is 14.5 Å². The van der Waals surface area contributed by atoms with E-state index in [-0.39, 0.29) is 0 Å². The minimum atomic E-state index is 0.863. The van der Waals surface area contributed by atoms with Crippen molar-refractivity contribution in [1.29, 1.82) is 0 Å². The second-order valence-electron chi connectivity index (χ2n) is 14.0. The molecule has 0 aliphatic rings. The van der Waals surface area contributed by atoms with Gasteiger partial charge in [-0.1, -0.05) is 140 Å². The first-order valence-corrected chi connectivity index (χ1v) is 18.3. The standard InChI is InChI=1S/C50H29N3O/c1-2-15-31(16-3-1)47-48(52-40-24-12-11-23-39(40)51-47)37-27-29-41(34-19-7-6-18-33(34)37)53-42-28-26-30-14-4-5-17-32(30)45(42)46-36-21-9-8-20-35(36)44-38-22-10-13-25-43(38)54-50(44)49(46)53/h1-29H. The van der Waals surface area contributed by atoms with E-state index in [1.807, 2.05) is 30.3 Å². The average molecular weight is 688 g/mol. The highest BCUT2D eigenvalue weighted by Gasteiger charge is 2.25. The Morgan fingerprint density at radius 1 is 0.407 bits per heavy atom. The molecule has 250 valence electrons. The number of rotatable bonds is 3. The van der Waals surface area contributed by atoms with Crippen LogP contribution in [0.3, 0.4) is 0 Å². The lowest BCUT2D eigenvalue weighted by molar-refractivity contribution is 0.671. The van der Waals surface area contributed by atoms with Gasteiger partial charge in [0.15, 0.2) is 5.58 Å². The van der Waals surface area contributed by atoms with Gasteiger partial charge in [-0.25, -0.2) is 9.97 Å². The van der Waals surface area contributed by atoms with E-state index in [0.717, 1.165) is 83.0 Å². The number of para-hydroxylation sites is 3. The van der Waals surface area contributed by atoms with Crippen LogP contribution >= 0.6 is 0 Å². The van der Waals surface area contributed by atoms with Gasteiger partial charge in [0.2, 0.25) is 0 Å². The molecule has 3 aromatic heterocycles. The number of hydrogen-bond acceptors (Lipinski definition) is 3. The highest BCUT2D eigenvalue weighted by molar-refractivity contribution is 6.38. The Hall–Kier alpha value is -7.30. The molecule has 0 saturated heterocycles. The third kappa shape index (κ3) is 4.02. The lowest BCUT2D eigenvalue weighted by Gasteiger charge is -2.17. The Balaban J connectivity index is 1.26. The first kappa shape index (κ1) is 29.3. The van der Waals surface area contributed by atoms with Gasteiger partial charge < -0.3 is 8.98 Å². The highest BCUT2D eigenvalue weighted by atomic mass is 16.3. The largest absolute Gasteiger partial charge is 0.454 e. The maximum absolute atomic E-state index is 6.95. The molecule has 0 unspecified atom stereocenters. The van der Waals surface area contributed by atoms with E-state index in [0.29, 0.717) is 0 Å². The molecule has 54 heavy (non-hydrogen) atoms. The summed E-state index contributed by atoms with van der Waals surface area (Å²) in [6, 6.07) is 62.2. The van der Waals surface area contributed by atoms with E-state index >= 15 is 0 Å². The third-order valence-electron chi connectivity index (χ3n) is 11.1. The summed E-state index contributed by atoms with van der Waals surface area (Å²) < 4.78 is 9.40. The summed E-state index contributed by atoms with van der Waals surface area (Å²) in [6.07, 6.45) is 0. The smallest absolute Gasteiger partial charge is 0.160 e. The van der Waals surface area contributed by atoms with Gasteiger partial charge in [0.1, 0.15) is 5.58 Å². The molecule has 0 radical (unpaired) electrons. The fourth-order valence-corrected chi connectivity index (χ4v) is 8.86. The molecule has 0 atom stereocenters. The van der Waals surface area contributed by atoms with Crippen LogP contribution in [0.25, 0.3) is 115 Å². The minimum absolute atomic E-state index is 0.863. The third-order valence-corrected chi connectivity index (χ3v) is 11.1. The van der Waals surface area contributed by atoms with Crippen LogP contribution in [-0.2, 0) is 0 Å². The van der Waals surface area contributed by atoms with Crippen LogP contribution in [0.2, 0.25) is 0 Å². The number of benzene rings is 9. The Kier molecular flexibility index (Phi) is 6.02. The van der Waals surface area contributed by atoms with Crippen LogP contribution in [0.4, 0.5) is 0 Å². The summed E-state index contributed by atoms with van der Waals surface area (Å²) in [5.41, 5.74) is 10.6. The predicted octanol–water partition coefficient (Wildman–Crippen LogP) is 13.4. The van der Waals surface area contributed by atoms with Crippen molar-refractivity contribution in [3.63, 3.8) is 0 Å². The molecule has 0 saturated carbocycles. The Labute approximate surface area is 309 Å². The molecule has 4 nitrogen and oxygen atoms in total. The van der Waals surface area contributed by atoms with Crippen molar-refractivity contribution in [2.75, 3.05) is 0 Å². The Bertz CT molecular complexity index is 3500. The van der Waals surface area contributed by atoms with Crippen LogP contribution in [0.1, 0.15) is 0 Å². The molecule has 0 amide bonds. The second kappa shape index (κ2) is 11.1. The van der Waals surface area contributed by atoms with Crippen molar-refractivity contribution >= 4 is 87.1 Å². The number of fused-ring (bicyclic) bond motifs is 14. The minimum Gasteiger partial charge on any atom is -0.454 e. The fraction of sp³-hybridized carbons (Fsp3) is 0. The van der Waals surface area contributed by atoms with Crippen molar-refractivity contribution in [3.8, 4) is 28.2 Å². The number of hydrogen-bond donors (Lipinski definition) is 0. The summed E-state index contributed by atoms with van der Waals surface area (Å²) in [5, 5.41) is 11.7. The van der Waals surface area contributed by atoms with Crippen molar-refractivity contribution in [2.24, 2.45) is 0 Å². The van der Waals surface area contributed by atoms with Crippen molar-refractivity contribution in [2.45, 2.75) is 0 Å². The zero-order valence-electron chi connectivity index (χ0n) is 29.0. The molecule has 12 rings (SSSR count). The molecule has 3 heterocycles. The van der Waals surface area contributed by atoms with Crippen LogP contribution in [0.15, 0.2) is 180 Å². The molecule has 12 aromatic rings. The zero-order valence-corrected chi connectivity index (χ0v) is 29.0. The maximum atomic E-state index is 6.95. The molecule has 0 aliphatic carbocycles. The molecule has 4 heteroatoms. The molecular formula is C50H29N3O. The van der Waals surface area contributed by atoms with Crippen molar-refractivity contribution in [3.05, 3.63) is 176 Å². The summed E-state index contributed by atoms with van der Waals surface area (Å²) in [4.78, 5) is 10.5. The lowest BCUT2D eigenvalue weighted by atomic mass is 9.96. The molecule has 0 fully saturated rings. The van der Waals surface area contributed by atoms with Gasteiger partial charge in [-0.2, -0.15) is 0 Å². The van der Waals surface area contributed by atoms with Crippen LogP contribution < -0.4 is 0 Å². The predicted molar refractivity (Wildman–Crippen MR) is 225 cm³/mol. The molecule has 0 aliphatic heterocycles. The summed E-state index contributed by atoms with van der Waals surface area (Å²) >= 11 is 0. The fourth-order valence-electron chi connectivity index (χ4n) is 8.86. The molecule has 9 aromatic carbocycles. The molecule has 0 bridgehead atoms. The van der Waals surface area contributed by atoms with Gasteiger partial charge in [-0.15, -0.1) is 0 Å². The highest BCUT2D eigenvalue weighted by Crippen LogP contribution is 2.48. The number of aromatic nitrogens is 3. The Morgan fingerprint density at radius 3 is 1.81 bits per heavy atom. The summed E-state index contributed by atoms with van der Waals surface area (Å²) in [5.74, 6) is 0. The van der Waals surface area contributed by atoms with Crippen LogP contribution in [-0.4, -0.2) is 14.5 Å². The van der Waals surface area contributed by atoms with E-state index in [4.69, 9.17) is 14.4 Å². The summed E-state index contributed by atoms with van der Waals surface area (Å²) in [7, 11) is 0. The van der Waals surface area contributed by atoms with Gasteiger partial charge in [0.25, 0.3) is 0 Å². The number of nitrogens with zero attached hydrogens (tertiary/aromatic N) is 3. The van der Waals surface area contributed by atoms with Gasteiger partial charge in [0.05, 0.1) is 39.1 Å². The molecule has 0 N–H and O–H groups in total. The van der Waals surface area contributed by atoms with E-state index in [2.05, 4.69) is 150 Å². The van der Waals surface area contributed by atoms with E-state index in [1.54, 1.807) is 0 Å². The molecular weight excluding hydrogens is 659 g/mol. The van der Waals surface area contributed by atoms with E-state index < -0.39 is 0 Å². The summed E-state index contributed by atoms with van der Waals surface area (Å²) in [6.45, 7) is 0. The van der Waals surface area contributed by atoms with Gasteiger partial charge in [0, 0.05) is 38.1 Å². The maximum Gasteiger partial charge on any atom is 0.160 e. The first-order valence-electron chi connectivity index (χ1n) is 18.3. The SMILES string of the molecule is c1ccc(-c2nc3ccccc3nc2-c2ccc(-n3c4ccc5ccccc5c4c4c5ccccc5c5c6ccccc6oc5c43)c3ccccc23)cc1. The lowest BCUT2D eigenvalue weighted by Crippen LogP contribution is -1.99. The van der Waals surface area contributed by atoms with Crippen LogP contribution in [0.5, 0.6) is 0 Å². The first-order chi connectivity index (χ1) is 26.8. The van der Waals surface area contributed by atoms with E-state index in [9.17, 15) is 0 Å². The van der Waals surface area contributed by atoms with Gasteiger partial charge in [-0.05, 0) is 63.3 Å². The monoisotopic (exact) mass is 687 g/mol. The van der Waals surface area contributed by atoms with Crippen molar-refractivity contribution < 1.29 is 4.42 Å². The normalized spacial score (nSPS) is 12.1. The number of furan rings is 1. The topological polar surface area (TPSA) is 43.9 Å². The zero-order chi connectivity index (χ0) is 35.3. The Morgan fingerprint density at radius 2 is 1.02 bits per heavy atom. The van der Waals surface area contributed by atoms with Gasteiger partial charge >= 0.3 is 0 Å². The average Bonchev–Trinajstić information content (AvgIpc) is 3.80. The quantitative estimate of drug-likeness (QED) is 0.186. The second-order valence-corrected chi connectivity index (χ2v) is 14.0. The van der Waals surface area contributed by atoms with Gasteiger partial charge in [-0.3, -0.25) is 0 Å².